The smallest absolute Gasteiger partial charge is 0.322 e. The number of allylic oxidation sites excluding steroid dienone is 3. The van der Waals surface area contributed by atoms with Crippen LogP contribution in [0.15, 0.2) is 24.3 Å². The van der Waals surface area contributed by atoms with Gasteiger partial charge in [-0.05, 0) is 51.0 Å². The Morgan fingerprint density at radius 1 is 0.529 bits per heavy atom. The molecule has 0 aromatic heterocycles. The van der Waals surface area contributed by atoms with Crippen molar-refractivity contribution in [1.82, 2.24) is 5.32 Å². The maximum Gasteiger partial charge on any atom is 0.322 e. The number of nitrogens with one attached hydrogen (secondary N) is 1. The van der Waals surface area contributed by atoms with Crippen LogP contribution in [0.2, 0.25) is 0 Å². The highest BCUT2D eigenvalue weighted by molar-refractivity contribution is 5.80. The Kier molecular flexibility index (Phi) is 39.0. The second-order valence-corrected chi connectivity index (χ2v) is 15.0. The number of aliphatic carboxylic acids is 1. The van der Waals surface area contributed by atoms with Gasteiger partial charge in [0.1, 0.15) is 12.6 Å². The number of rotatable bonds is 40. The van der Waals surface area contributed by atoms with Gasteiger partial charge in [-0.15, -0.1) is 0 Å². The van der Waals surface area contributed by atoms with Crippen molar-refractivity contribution in [2.45, 2.75) is 238 Å². The predicted molar refractivity (Wildman–Crippen MR) is 217 cm³/mol. The lowest BCUT2D eigenvalue weighted by atomic mass is 10.0. The summed E-state index contributed by atoms with van der Waals surface area (Å²) in [7, 11) is 0. The van der Waals surface area contributed by atoms with Crippen LogP contribution in [0.1, 0.15) is 232 Å². The maximum atomic E-state index is 12.7. The predicted octanol–water partition coefficient (Wildman–Crippen LogP) is 13.5. The zero-order chi connectivity index (χ0) is 37.3. The molecule has 0 aromatic carbocycles. The molecule has 0 fully saturated rings. The number of carboxylic acids is 1. The van der Waals surface area contributed by atoms with E-state index in [0.717, 1.165) is 57.8 Å². The summed E-state index contributed by atoms with van der Waals surface area (Å²) in [5.74, 6) is -1.34. The van der Waals surface area contributed by atoms with Gasteiger partial charge >= 0.3 is 11.9 Å². The van der Waals surface area contributed by atoms with Gasteiger partial charge in [-0.3, -0.25) is 14.4 Å². The number of carbonyl (C=O) groups is 3. The van der Waals surface area contributed by atoms with Gasteiger partial charge in [0.05, 0.1) is 0 Å². The zero-order valence-corrected chi connectivity index (χ0v) is 33.7. The van der Waals surface area contributed by atoms with Crippen LogP contribution in [-0.2, 0) is 19.1 Å². The molecule has 6 heteroatoms. The van der Waals surface area contributed by atoms with Crippen LogP contribution in [0.4, 0.5) is 0 Å². The number of esters is 1. The van der Waals surface area contributed by atoms with Crippen LogP contribution in [-0.4, -0.2) is 35.6 Å². The van der Waals surface area contributed by atoms with Crippen molar-refractivity contribution >= 4 is 17.8 Å². The number of ether oxygens (including phenoxy) is 1. The minimum absolute atomic E-state index is 0.0935. The van der Waals surface area contributed by atoms with E-state index in [4.69, 9.17) is 9.84 Å². The quantitative estimate of drug-likeness (QED) is 0.0374. The largest absolute Gasteiger partial charge is 0.480 e. The van der Waals surface area contributed by atoms with E-state index in [1.807, 2.05) is 0 Å². The minimum Gasteiger partial charge on any atom is -0.480 e. The van der Waals surface area contributed by atoms with Crippen LogP contribution < -0.4 is 5.32 Å². The van der Waals surface area contributed by atoms with Crippen molar-refractivity contribution in [3.8, 4) is 0 Å². The van der Waals surface area contributed by atoms with E-state index in [-0.39, 0.29) is 24.5 Å². The molecule has 0 heterocycles. The monoisotopic (exact) mass is 718 g/mol. The Morgan fingerprint density at radius 3 is 1.45 bits per heavy atom. The molecule has 1 atom stereocenters. The van der Waals surface area contributed by atoms with Gasteiger partial charge < -0.3 is 15.2 Å². The molecule has 51 heavy (non-hydrogen) atoms. The lowest BCUT2D eigenvalue weighted by molar-refractivity contribution is -0.147. The average Bonchev–Trinajstić information content (AvgIpc) is 3.11. The van der Waals surface area contributed by atoms with E-state index in [1.54, 1.807) is 0 Å². The fourth-order valence-corrected chi connectivity index (χ4v) is 6.58. The highest BCUT2D eigenvalue weighted by atomic mass is 16.5. The number of unbranched alkanes of at least 4 members (excludes halogenated alkanes) is 27. The molecule has 0 radical (unpaired) electrons. The van der Waals surface area contributed by atoms with Crippen LogP contribution in [0.5, 0.6) is 0 Å². The third-order valence-electron chi connectivity index (χ3n) is 9.86. The van der Waals surface area contributed by atoms with E-state index in [9.17, 15) is 14.4 Å². The van der Waals surface area contributed by atoms with Gasteiger partial charge in [-0.2, -0.15) is 0 Å². The molecule has 0 spiro atoms. The van der Waals surface area contributed by atoms with E-state index in [1.165, 1.54) is 148 Å². The van der Waals surface area contributed by atoms with Crippen LogP contribution in [0, 0.1) is 0 Å². The second kappa shape index (κ2) is 40.7. The Hall–Kier alpha value is -2.11. The second-order valence-electron chi connectivity index (χ2n) is 15.0. The first-order valence-corrected chi connectivity index (χ1v) is 22.0. The standard InChI is InChI=1S/C45H83NO5/c1-3-5-7-9-11-13-14-15-16-17-18-19-20-21-22-23-24-26-28-30-36-40-45(50)51-42(37-33-29-27-25-12-10-8-6-4-2)38-34-31-32-35-39-43(47)46-41-44(48)49/h25,27,33,37,42H,3-24,26,28-32,34-36,38-41H2,1-2H3,(H,46,47)(H,48,49)/b27-25-,37-33-. The van der Waals surface area contributed by atoms with Crippen molar-refractivity contribution in [3.63, 3.8) is 0 Å². The molecule has 6 nitrogen and oxygen atoms in total. The molecule has 2 N–H and O–H groups in total. The zero-order valence-electron chi connectivity index (χ0n) is 33.7. The first-order chi connectivity index (χ1) is 25.0. The molecular formula is C45H83NO5. The summed E-state index contributed by atoms with van der Waals surface area (Å²) >= 11 is 0. The number of hydrogen-bond donors (Lipinski definition) is 2. The molecule has 298 valence electrons. The molecule has 0 aliphatic rings. The highest BCUT2D eigenvalue weighted by Crippen LogP contribution is 2.17. The van der Waals surface area contributed by atoms with Gasteiger partial charge in [0.25, 0.3) is 0 Å². The Morgan fingerprint density at radius 2 is 0.961 bits per heavy atom. The Balaban J connectivity index is 4.00. The van der Waals surface area contributed by atoms with Gasteiger partial charge in [-0.25, -0.2) is 0 Å². The summed E-state index contributed by atoms with van der Waals surface area (Å²) in [5.41, 5.74) is 0. The molecule has 0 rings (SSSR count). The molecular weight excluding hydrogens is 634 g/mol. The van der Waals surface area contributed by atoms with E-state index in [2.05, 4.69) is 43.5 Å². The molecule has 0 aromatic rings. The minimum atomic E-state index is -1.03. The molecule has 1 unspecified atom stereocenters. The van der Waals surface area contributed by atoms with Crippen molar-refractivity contribution < 1.29 is 24.2 Å². The number of carbonyl (C=O) groups excluding carboxylic acids is 2. The van der Waals surface area contributed by atoms with E-state index >= 15 is 0 Å². The molecule has 0 saturated heterocycles. The van der Waals surface area contributed by atoms with E-state index < -0.39 is 5.97 Å². The van der Waals surface area contributed by atoms with Crippen LogP contribution in [0.25, 0.3) is 0 Å². The normalized spacial score (nSPS) is 12.2. The fourth-order valence-electron chi connectivity index (χ4n) is 6.58. The van der Waals surface area contributed by atoms with Crippen LogP contribution >= 0.6 is 0 Å². The van der Waals surface area contributed by atoms with Gasteiger partial charge in [-0.1, -0.05) is 193 Å². The molecule has 0 bridgehead atoms. The summed E-state index contributed by atoms with van der Waals surface area (Å²) in [6, 6.07) is 0. The summed E-state index contributed by atoms with van der Waals surface area (Å²) in [4.78, 5) is 35.0. The summed E-state index contributed by atoms with van der Waals surface area (Å²) in [6.45, 7) is 4.19. The first kappa shape index (κ1) is 48.9. The van der Waals surface area contributed by atoms with Crippen molar-refractivity contribution in [2.75, 3.05) is 6.54 Å². The summed E-state index contributed by atoms with van der Waals surface area (Å²) in [6.07, 6.45) is 49.0. The molecule has 1 amide bonds. The number of carboxylic acid groups (broad SMARTS) is 1. The topological polar surface area (TPSA) is 92.7 Å². The van der Waals surface area contributed by atoms with Crippen LogP contribution in [0.3, 0.4) is 0 Å². The third-order valence-corrected chi connectivity index (χ3v) is 9.86. The highest BCUT2D eigenvalue weighted by Gasteiger charge is 2.12. The maximum absolute atomic E-state index is 12.7. The Labute approximate surface area is 315 Å². The van der Waals surface area contributed by atoms with Gasteiger partial charge in [0.2, 0.25) is 5.91 Å². The third kappa shape index (κ3) is 40.5. The van der Waals surface area contributed by atoms with Gasteiger partial charge in [0, 0.05) is 12.8 Å². The lowest BCUT2D eigenvalue weighted by Crippen LogP contribution is -2.28. The average molecular weight is 718 g/mol. The first-order valence-electron chi connectivity index (χ1n) is 22.0. The van der Waals surface area contributed by atoms with Crippen molar-refractivity contribution in [1.29, 1.82) is 0 Å². The van der Waals surface area contributed by atoms with Gasteiger partial charge in [0.15, 0.2) is 0 Å². The number of hydrogen-bond acceptors (Lipinski definition) is 4. The fraction of sp³-hybridized carbons (Fsp3) is 0.844. The number of amides is 1. The summed E-state index contributed by atoms with van der Waals surface area (Å²) in [5, 5.41) is 11.1. The Bertz CT molecular complexity index is 838. The SMILES string of the molecule is CCCCCC/C=C\C/C=C\C(CCCCCCC(=O)NCC(=O)O)OC(=O)CCCCCCCCCCCCCCCCCCCCCCC. The van der Waals surface area contributed by atoms with E-state index in [0.29, 0.717) is 12.8 Å². The van der Waals surface area contributed by atoms with Crippen molar-refractivity contribution in [2.24, 2.45) is 0 Å². The molecule has 0 saturated carbocycles. The lowest BCUT2D eigenvalue weighted by Gasteiger charge is -2.14. The molecule has 0 aliphatic heterocycles. The van der Waals surface area contributed by atoms with Crippen molar-refractivity contribution in [3.05, 3.63) is 24.3 Å². The summed E-state index contributed by atoms with van der Waals surface area (Å²) < 4.78 is 5.90. The molecule has 0 aliphatic carbocycles.